The van der Waals surface area contributed by atoms with E-state index in [-0.39, 0.29) is 0 Å². The molecule has 0 fully saturated rings. The minimum atomic E-state index is -1.23. The minimum absolute atomic E-state index is 0.842. The number of carbonyl (C=O) groups is 1. The van der Waals surface area contributed by atoms with Gasteiger partial charge in [0.25, 0.3) is 0 Å². The van der Waals surface area contributed by atoms with Gasteiger partial charge in [-0.15, -0.1) is 0 Å². The second-order valence-electron chi connectivity index (χ2n) is 3.81. The van der Waals surface area contributed by atoms with Gasteiger partial charge in [-0.05, 0) is 32.4 Å². The molecule has 0 heterocycles. The molecule has 0 aromatic heterocycles. The summed E-state index contributed by atoms with van der Waals surface area (Å²) in [7, 11) is 0. The van der Waals surface area contributed by atoms with E-state index in [4.69, 9.17) is 15.9 Å². The van der Waals surface area contributed by atoms with E-state index in [9.17, 15) is 4.79 Å². The number of rotatable bonds is 2. The van der Waals surface area contributed by atoms with Crippen molar-refractivity contribution in [1.82, 2.24) is 0 Å². The smallest absolute Gasteiger partial charge is 0.332 e. The molecule has 0 aliphatic rings. The third-order valence-corrected chi connectivity index (χ3v) is 1.83. The van der Waals surface area contributed by atoms with Gasteiger partial charge < -0.3 is 15.9 Å². The van der Waals surface area contributed by atoms with Gasteiger partial charge in [-0.1, -0.05) is 29.8 Å². The summed E-state index contributed by atoms with van der Waals surface area (Å²) in [6, 6.07) is 8.28. The number of benzene rings is 1. The highest BCUT2D eigenvalue weighted by molar-refractivity contribution is 5.71. The Balaban J connectivity index is 0.000000366. The van der Waals surface area contributed by atoms with Crippen LogP contribution in [0, 0.1) is 6.92 Å². The summed E-state index contributed by atoms with van der Waals surface area (Å²) in [6.45, 7) is 5.16. The molecule has 0 amide bonds. The lowest BCUT2D eigenvalue weighted by atomic mass is 10.1. The Hall–Kier alpha value is -1.81. The highest BCUT2D eigenvalue weighted by Crippen LogP contribution is 2.05. The molecule has 1 rings (SSSR count). The second-order valence-corrected chi connectivity index (χ2v) is 3.81. The summed E-state index contributed by atoms with van der Waals surface area (Å²) >= 11 is 0. The largest absolute Gasteiger partial charge is 0.479 e. The normalized spacial score (nSPS) is 12.4. The van der Waals surface area contributed by atoms with Crippen molar-refractivity contribution in [3.63, 3.8) is 0 Å². The van der Waals surface area contributed by atoms with Crippen LogP contribution in [0.5, 0.6) is 0 Å². The predicted octanol–water partition coefficient (Wildman–Crippen LogP) is 1.77. The Morgan fingerprint density at radius 2 is 1.76 bits per heavy atom. The van der Waals surface area contributed by atoms with Crippen LogP contribution in [0.2, 0.25) is 0 Å². The van der Waals surface area contributed by atoms with E-state index in [1.165, 1.54) is 12.5 Å². The molecule has 0 aliphatic carbocycles. The molecular weight excluding hydrogens is 218 g/mol. The fourth-order valence-corrected chi connectivity index (χ4v) is 0.926. The highest BCUT2D eigenvalue weighted by Gasteiger charge is 2.01. The van der Waals surface area contributed by atoms with Crippen LogP contribution in [0.1, 0.15) is 25.0 Å². The van der Waals surface area contributed by atoms with Gasteiger partial charge in [0.2, 0.25) is 0 Å². The SMILES string of the molecule is CC(N)=Cc1ccc(C)cc1.CC(O)C(=O)O. The van der Waals surface area contributed by atoms with Crippen LogP contribution in [0.25, 0.3) is 6.08 Å². The molecule has 0 aliphatic heterocycles. The van der Waals surface area contributed by atoms with Gasteiger partial charge in [0.1, 0.15) is 6.10 Å². The van der Waals surface area contributed by atoms with Crippen LogP contribution in [-0.2, 0) is 4.79 Å². The van der Waals surface area contributed by atoms with Crippen molar-refractivity contribution < 1.29 is 15.0 Å². The number of aryl methyl sites for hydroxylation is 1. The summed E-state index contributed by atoms with van der Waals surface area (Å²) in [6.07, 6.45) is 0.726. The van der Waals surface area contributed by atoms with Gasteiger partial charge >= 0.3 is 5.97 Å². The molecule has 4 nitrogen and oxygen atoms in total. The third-order valence-electron chi connectivity index (χ3n) is 1.83. The van der Waals surface area contributed by atoms with Gasteiger partial charge in [0.05, 0.1) is 0 Å². The first kappa shape index (κ1) is 15.2. The monoisotopic (exact) mass is 237 g/mol. The number of aliphatic carboxylic acids is 1. The van der Waals surface area contributed by atoms with E-state index in [2.05, 4.69) is 31.2 Å². The van der Waals surface area contributed by atoms with E-state index in [1.807, 2.05) is 13.0 Å². The fraction of sp³-hybridized carbons (Fsp3) is 0.308. The lowest BCUT2D eigenvalue weighted by Gasteiger charge is -1.95. The van der Waals surface area contributed by atoms with Crippen LogP contribution in [-0.4, -0.2) is 22.3 Å². The summed E-state index contributed by atoms with van der Waals surface area (Å²) in [5, 5.41) is 15.8. The number of nitrogens with two attached hydrogens (primary N) is 1. The van der Waals surface area contributed by atoms with Crippen LogP contribution in [0.4, 0.5) is 0 Å². The average Bonchev–Trinajstić information content (AvgIpc) is 2.21. The number of aliphatic hydroxyl groups is 1. The fourth-order valence-electron chi connectivity index (χ4n) is 0.926. The Kier molecular flexibility index (Phi) is 6.67. The first-order valence-electron chi connectivity index (χ1n) is 5.24. The molecular formula is C13H19NO3. The van der Waals surface area contributed by atoms with Gasteiger partial charge in [0.15, 0.2) is 0 Å². The molecule has 0 saturated heterocycles. The van der Waals surface area contributed by atoms with E-state index in [1.54, 1.807) is 0 Å². The molecule has 4 heteroatoms. The third kappa shape index (κ3) is 8.04. The van der Waals surface area contributed by atoms with Crippen LogP contribution < -0.4 is 5.73 Å². The molecule has 0 spiro atoms. The molecule has 1 aromatic carbocycles. The lowest BCUT2D eigenvalue weighted by molar-refractivity contribution is -0.145. The maximum absolute atomic E-state index is 9.45. The average molecular weight is 237 g/mol. The molecule has 17 heavy (non-hydrogen) atoms. The van der Waals surface area contributed by atoms with Gasteiger partial charge in [-0.3, -0.25) is 0 Å². The van der Waals surface area contributed by atoms with Crippen molar-refractivity contribution in [2.75, 3.05) is 0 Å². The summed E-state index contributed by atoms with van der Waals surface area (Å²) in [5.74, 6) is -1.19. The van der Waals surface area contributed by atoms with Gasteiger partial charge in [-0.25, -0.2) is 4.79 Å². The Labute approximate surface area is 101 Å². The van der Waals surface area contributed by atoms with E-state index in [0.717, 1.165) is 11.3 Å². The van der Waals surface area contributed by atoms with Crippen molar-refractivity contribution in [3.8, 4) is 0 Å². The van der Waals surface area contributed by atoms with Gasteiger partial charge in [0, 0.05) is 5.70 Å². The van der Waals surface area contributed by atoms with Crippen molar-refractivity contribution in [2.45, 2.75) is 26.9 Å². The van der Waals surface area contributed by atoms with E-state index in [0.29, 0.717) is 0 Å². The number of hydrogen-bond donors (Lipinski definition) is 3. The first-order chi connectivity index (χ1) is 7.82. The predicted molar refractivity (Wildman–Crippen MR) is 68.3 cm³/mol. The first-order valence-corrected chi connectivity index (χ1v) is 5.24. The molecule has 0 saturated carbocycles. The Morgan fingerprint density at radius 3 is 2.06 bits per heavy atom. The van der Waals surface area contributed by atoms with E-state index < -0.39 is 12.1 Å². The standard InChI is InChI=1S/C10H13N.C3H6O3/c1-8-3-5-10(6-4-8)7-9(2)11;1-2(4)3(5)6/h3-7H,11H2,1-2H3;2,4H,1H3,(H,5,6). The van der Waals surface area contributed by atoms with Gasteiger partial charge in [-0.2, -0.15) is 0 Å². The molecule has 1 atom stereocenters. The van der Waals surface area contributed by atoms with Crippen LogP contribution >= 0.6 is 0 Å². The van der Waals surface area contributed by atoms with Crippen molar-refractivity contribution >= 4 is 12.0 Å². The zero-order chi connectivity index (χ0) is 13.4. The Morgan fingerprint density at radius 1 is 1.35 bits per heavy atom. The quantitative estimate of drug-likeness (QED) is 0.732. The number of aliphatic hydroxyl groups excluding tert-OH is 1. The zero-order valence-electron chi connectivity index (χ0n) is 10.3. The summed E-state index contributed by atoms with van der Waals surface area (Å²) in [4.78, 5) is 9.45. The van der Waals surface area contributed by atoms with Crippen LogP contribution in [0.3, 0.4) is 0 Å². The van der Waals surface area contributed by atoms with Crippen molar-refractivity contribution in [2.24, 2.45) is 5.73 Å². The number of carboxylic acid groups (broad SMARTS) is 1. The second kappa shape index (κ2) is 7.46. The lowest BCUT2D eigenvalue weighted by Crippen LogP contribution is -2.13. The minimum Gasteiger partial charge on any atom is -0.479 e. The maximum Gasteiger partial charge on any atom is 0.332 e. The molecule has 94 valence electrons. The number of carboxylic acids is 1. The Bertz CT molecular complexity index is 376. The van der Waals surface area contributed by atoms with Crippen LogP contribution in [0.15, 0.2) is 30.0 Å². The number of allylic oxidation sites excluding steroid dienone is 1. The molecule has 0 bridgehead atoms. The molecule has 0 radical (unpaired) electrons. The summed E-state index contributed by atoms with van der Waals surface area (Å²) < 4.78 is 0. The topological polar surface area (TPSA) is 83.5 Å². The van der Waals surface area contributed by atoms with E-state index >= 15 is 0 Å². The number of hydrogen-bond acceptors (Lipinski definition) is 3. The maximum atomic E-state index is 9.45. The summed E-state index contributed by atoms with van der Waals surface area (Å²) in [5.41, 5.74) is 8.80. The van der Waals surface area contributed by atoms with Crippen molar-refractivity contribution in [3.05, 3.63) is 41.1 Å². The molecule has 1 unspecified atom stereocenters. The highest BCUT2D eigenvalue weighted by atomic mass is 16.4. The zero-order valence-corrected chi connectivity index (χ0v) is 10.3. The molecule has 1 aromatic rings. The molecule has 4 N–H and O–H groups in total. The van der Waals surface area contributed by atoms with Crippen molar-refractivity contribution in [1.29, 1.82) is 0 Å².